The zero-order valence-electron chi connectivity index (χ0n) is 9.58. The average Bonchev–Trinajstić information content (AvgIpc) is 2.33. The van der Waals surface area contributed by atoms with E-state index in [0.29, 0.717) is 11.5 Å². The van der Waals surface area contributed by atoms with Crippen LogP contribution in [0.1, 0.15) is 30.0 Å². The van der Waals surface area contributed by atoms with Crippen LogP contribution in [-0.4, -0.2) is 13.2 Å². The van der Waals surface area contributed by atoms with E-state index in [1.54, 1.807) is 19.1 Å². The molecule has 88 valence electrons. The Balaban J connectivity index is 2.12. The monoisotopic (exact) mass is 223 g/mol. The van der Waals surface area contributed by atoms with Gasteiger partial charge < -0.3 is 10.5 Å². The lowest BCUT2D eigenvalue weighted by molar-refractivity contribution is 0.0583. The number of halogens is 1. The summed E-state index contributed by atoms with van der Waals surface area (Å²) in [7, 11) is 0. The number of nitrogens with two attached hydrogens (primary N) is 1. The van der Waals surface area contributed by atoms with Crippen molar-refractivity contribution >= 4 is 0 Å². The maximum absolute atomic E-state index is 13.4. The fourth-order valence-electron chi connectivity index (χ4n) is 2.16. The van der Waals surface area contributed by atoms with Gasteiger partial charge in [-0.15, -0.1) is 0 Å². The molecule has 1 fully saturated rings. The lowest BCUT2D eigenvalue weighted by Gasteiger charge is -2.28. The summed E-state index contributed by atoms with van der Waals surface area (Å²) in [6.07, 6.45) is 1.94. The van der Waals surface area contributed by atoms with Crippen LogP contribution < -0.4 is 5.73 Å². The normalized spacial score (nSPS) is 19.7. The Morgan fingerprint density at radius 2 is 2.06 bits per heavy atom. The largest absolute Gasteiger partial charge is 0.381 e. The summed E-state index contributed by atoms with van der Waals surface area (Å²) in [6.45, 7) is 3.30. The van der Waals surface area contributed by atoms with Crippen LogP contribution in [-0.2, 0) is 4.74 Å². The highest BCUT2D eigenvalue weighted by molar-refractivity contribution is 5.26. The first-order valence-electron chi connectivity index (χ1n) is 5.78. The molecule has 1 heterocycles. The molecule has 0 aromatic heterocycles. The van der Waals surface area contributed by atoms with E-state index >= 15 is 0 Å². The van der Waals surface area contributed by atoms with Gasteiger partial charge in [0.05, 0.1) is 0 Å². The summed E-state index contributed by atoms with van der Waals surface area (Å²) in [5, 5.41) is 0. The smallest absolute Gasteiger partial charge is 0.126 e. The van der Waals surface area contributed by atoms with Crippen LogP contribution in [0.2, 0.25) is 0 Å². The van der Waals surface area contributed by atoms with E-state index in [4.69, 9.17) is 10.5 Å². The minimum Gasteiger partial charge on any atom is -0.381 e. The third kappa shape index (κ3) is 2.42. The van der Waals surface area contributed by atoms with Gasteiger partial charge in [-0.05, 0) is 42.9 Å². The van der Waals surface area contributed by atoms with Crippen molar-refractivity contribution in [3.8, 4) is 0 Å². The van der Waals surface area contributed by atoms with Crippen molar-refractivity contribution in [1.82, 2.24) is 0 Å². The van der Waals surface area contributed by atoms with Crippen LogP contribution in [0.25, 0.3) is 0 Å². The van der Waals surface area contributed by atoms with Gasteiger partial charge in [0.2, 0.25) is 0 Å². The molecule has 1 aromatic carbocycles. The molecule has 1 aliphatic rings. The Hall–Kier alpha value is -0.930. The lowest BCUT2D eigenvalue weighted by atomic mass is 9.87. The van der Waals surface area contributed by atoms with Crippen LogP contribution in [0.4, 0.5) is 4.39 Å². The quantitative estimate of drug-likeness (QED) is 0.836. The highest BCUT2D eigenvalue weighted by Gasteiger charge is 2.22. The third-order valence-electron chi connectivity index (χ3n) is 3.35. The zero-order chi connectivity index (χ0) is 11.5. The number of benzene rings is 1. The van der Waals surface area contributed by atoms with Gasteiger partial charge in [0.25, 0.3) is 0 Å². The summed E-state index contributed by atoms with van der Waals surface area (Å²) < 4.78 is 18.7. The molecule has 2 nitrogen and oxygen atoms in total. The van der Waals surface area contributed by atoms with Crippen LogP contribution in [0.3, 0.4) is 0 Å². The Kier molecular flexibility index (Phi) is 3.56. The predicted octanol–water partition coefficient (Wildman–Crippen LogP) is 2.56. The molecule has 1 unspecified atom stereocenters. The first-order chi connectivity index (χ1) is 7.68. The Labute approximate surface area is 95.6 Å². The molecule has 0 amide bonds. The first kappa shape index (κ1) is 11.6. The molecule has 1 aliphatic heterocycles. The Morgan fingerprint density at radius 1 is 1.38 bits per heavy atom. The van der Waals surface area contributed by atoms with Crippen molar-refractivity contribution in [2.24, 2.45) is 11.7 Å². The molecular weight excluding hydrogens is 205 g/mol. The van der Waals surface area contributed by atoms with Crippen molar-refractivity contribution in [2.45, 2.75) is 25.8 Å². The summed E-state index contributed by atoms with van der Waals surface area (Å²) >= 11 is 0. The van der Waals surface area contributed by atoms with E-state index in [9.17, 15) is 4.39 Å². The SMILES string of the molecule is Cc1ccc(C(N)C2CCOCC2)cc1F. The van der Waals surface area contributed by atoms with Crippen molar-refractivity contribution in [2.75, 3.05) is 13.2 Å². The third-order valence-corrected chi connectivity index (χ3v) is 3.35. The number of hydrogen-bond acceptors (Lipinski definition) is 2. The topological polar surface area (TPSA) is 35.2 Å². The van der Waals surface area contributed by atoms with Gasteiger partial charge in [0.15, 0.2) is 0 Å². The van der Waals surface area contributed by atoms with E-state index < -0.39 is 0 Å². The molecule has 1 aromatic rings. The van der Waals surface area contributed by atoms with Gasteiger partial charge in [-0.1, -0.05) is 12.1 Å². The lowest BCUT2D eigenvalue weighted by Crippen LogP contribution is -2.27. The zero-order valence-corrected chi connectivity index (χ0v) is 9.58. The Morgan fingerprint density at radius 3 is 2.69 bits per heavy atom. The number of hydrogen-bond donors (Lipinski definition) is 1. The molecule has 2 rings (SSSR count). The van der Waals surface area contributed by atoms with Gasteiger partial charge in [0, 0.05) is 19.3 Å². The standard InChI is InChI=1S/C13H18FNO/c1-9-2-3-11(8-12(9)14)13(15)10-4-6-16-7-5-10/h2-3,8,10,13H,4-7,15H2,1H3. The molecule has 16 heavy (non-hydrogen) atoms. The van der Waals surface area contributed by atoms with Crippen LogP contribution in [0, 0.1) is 18.7 Å². The van der Waals surface area contributed by atoms with Crippen LogP contribution in [0.5, 0.6) is 0 Å². The summed E-state index contributed by atoms with van der Waals surface area (Å²) in [5.74, 6) is 0.246. The van der Waals surface area contributed by atoms with E-state index in [2.05, 4.69) is 0 Å². The van der Waals surface area contributed by atoms with Crippen molar-refractivity contribution in [3.63, 3.8) is 0 Å². The van der Waals surface area contributed by atoms with Crippen LogP contribution >= 0.6 is 0 Å². The van der Waals surface area contributed by atoms with Gasteiger partial charge >= 0.3 is 0 Å². The highest BCUT2D eigenvalue weighted by Crippen LogP contribution is 2.28. The predicted molar refractivity (Wildman–Crippen MR) is 61.6 cm³/mol. The average molecular weight is 223 g/mol. The second-order valence-corrected chi connectivity index (χ2v) is 4.48. The second-order valence-electron chi connectivity index (χ2n) is 4.48. The van der Waals surface area contributed by atoms with E-state index in [-0.39, 0.29) is 11.9 Å². The van der Waals surface area contributed by atoms with Gasteiger partial charge in [-0.3, -0.25) is 0 Å². The van der Waals surface area contributed by atoms with E-state index in [1.807, 2.05) is 6.07 Å². The molecule has 0 radical (unpaired) electrons. The molecule has 1 atom stereocenters. The number of ether oxygens (including phenoxy) is 1. The highest BCUT2D eigenvalue weighted by atomic mass is 19.1. The summed E-state index contributed by atoms with van der Waals surface area (Å²) in [4.78, 5) is 0. The van der Waals surface area contributed by atoms with Crippen molar-refractivity contribution in [3.05, 3.63) is 35.1 Å². The fourth-order valence-corrected chi connectivity index (χ4v) is 2.16. The molecule has 0 spiro atoms. The van der Waals surface area contributed by atoms with Crippen molar-refractivity contribution in [1.29, 1.82) is 0 Å². The van der Waals surface area contributed by atoms with Gasteiger partial charge in [-0.25, -0.2) is 4.39 Å². The molecule has 0 saturated carbocycles. The van der Waals surface area contributed by atoms with Crippen LogP contribution in [0.15, 0.2) is 18.2 Å². The Bertz CT molecular complexity index is 361. The molecular formula is C13H18FNO. The maximum Gasteiger partial charge on any atom is 0.126 e. The van der Waals surface area contributed by atoms with Crippen molar-refractivity contribution < 1.29 is 9.13 Å². The molecule has 1 saturated heterocycles. The number of aryl methyl sites for hydroxylation is 1. The first-order valence-corrected chi connectivity index (χ1v) is 5.78. The van der Waals surface area contributed by atoms with Gasteiger partial charge in [-0.2, -0.15) is 0 Å². The summed E-state index contributed by atoms with van der Waals surface area (Å²) in [6, 6.07) is 5.22. The van der Waals surface area contributed by atoms with E-state index in [0.717, 1.165) is 31.6 Å². The second kappa shape index (κ2) is 4.93. The molecule has 0 bridgehead atoms. The molecule has 0 aliphatic carbocycles. The maximum atomic E-state index is 13.4. The van der Waals surface area contributed by atoms with E-state index in [1.165, 1.54) is 0 Å². The minimum atomic E-state index is -0.167. The fraction of sp³-hybridized carbons (Fsp3) is 0.538. The number of rotatable bonds is 2. The molecule has 3 heteroatoms. The summed E-state index contributed by atoms with van der Waals surface area (Å²) in [5.41, 5.74) is 7.73. The van der Waals surface area contributed by atoms with Gasteiger partial charge in [0.1, 0.15) is 5.82 Å². The molecule has 2 N–H and O–H groups in total. The minimum absolute atomic E-state index is 0.0704.